The molecule has 1 aromatic carbocycles. The number of hydrogen-bond acceptors (Lipinski definition) is 3. The van der Waals surface area contributed by atoms with Crippen molar-refractivity contribution in [3.8, 4) is 5.75 Å². The summed E-state index contributed by atoms with van der Waals surface area (Å²) in [6.45, 7) is 2.23. The number of para-hydroxylation sites is 1. The Balaban J connectivity index is 1.76. The number of hydrogen-bond donors (Lipinski definition) is 2. The molecular formula is C15H16N2O3. The molecule has 0 fully saturated rings. The van der Waals surface area contributed by atoms with Crippen LogP contribution in [0.2, 0.25) is 0 Å². The van der Waals surface area contributed by atoms with Gasteiger partial charge in [-0.05, 0) is 25.1 Å². The van der Waals surface area contributed by atoms with Crippen molar-refractivity contribution in [2.24, 2.45) is 0 Å². The first-order valence-electron chi connectivity index (χ1n) is 6.32. The lowest BCUT2D eigenvalue weighted by Crippen LogP contribution is -2.28. The maximum absolute atomic E-state index is 11.8. The summed E-state index contributed by atoms with van der Waals surface area (Å²) < 4.78 is 5.46. The summed E-state index contributed by atoms with van der Waals surface area (Å²) in [5.41, 5.74) is 0.866. The van der Waals surface area contributed by atoms with Crippen molar-refractivity contribution in [2.75, 3.05) is 13.2 Å². The van der Waals surface area contributed by atoms with Gasteiger partial charge in [-0.25, -0.2) is 0 Å². The highest BCUT2D eigenvalue weighted by Crippen LogP contribution is 2.07. The SMILES string of the molecule is CC(=O)c1c[nH]c(C(=O)NCCOc2ccccc2)c1. The second-order valence-corrected chi connectivity index (χ2v) is 4.28. The molecule has 2 rings (SSSR count). The number of ketones is 1. The average Bonchev–Trinajstić information content (AvgIpc) is 2.94. The minimum absolute atomic E-state index is 0.0762. The minimum Gasteiger partial charge on any atom is -0.492 e. The van der Waals surface area contributed by atoms with Gasteiger partial charge in [0.05, 0.1) is 6.54 Å². The fraction of sp³-hybridized carbons (Fsp3) is 0.200. The van der Waals surface area contributed by atoms with Gasteiger partial charge >= 0.3 is 0 Å². The van der Waals surface area contributed by atoms with Gasteiger partial charge in [0.25, 0.3) is 5.91 Å². The van der Waals surface area contributed by atoms with Gasteiger partial charge in [-0.2, -0.15) is 0 Å². The Bertz CT molecular complexity index is 590. The average molecular weight is 272 g/mol. The first kappa shape index (κ1) is 13.9. The van der Waals surface area contributed by atoms with Crippen molar-refractivity contribution in [1.29, 1.82) is 0 Å². The molecule has 0 aliphatic rings. The third kappa shape index (κ3) is 3.71. The number of aromatic nitrogens is 1. The van der Waals surface area contributed by atoms with Crippen LogP contribution < -0.4 is 10.1 Å². The molecule has 0 spiro atoms. The lowest BCUT2D eigenvalue weighted by Gasteiger charge is -2.06. The molecule has 2 N–H and O–H groups in total. The van der Waals surface area contributed by atoms with Crippen molar-refractivity contribution in [2.45, 2.75) is 6.92 Å². The van der Waals surface area contributed by atoms with Crippen LogP contribution in [-0.2, 0) is 0 Å². The molecule has 0 bridgehead atoms. The number of ether oxygens (including phenoxy) is 1. The molecule has 0 unspecified atom stereocenters. The largest absolute Gasteiger partial charge is 0.492 e. The molecule has 5 nitrogen and oxygen atoms in total. The lowest BCUT2D eigenvalue weighted by atomic mass is 10.2. The van der Waals surface area contributed by atoms with Gasteiger partial charge in [-0.15, -0.1) is 0 Å². The van der Waals surface area contributed by atoms with E-state index >= 15 is 0 Å². The van der Waals surface area contributed by atoms with Crippen LogP contribution in [0, 0.1) is 0 Å². The van der Waals surface area contributed by atoms with E-state index in [0.29, 0.717) is 24.4 Å². The summed E-state index contributed by atoms with van der Waals surface area (Å²) in [4.78, 5) is 25.7. The zero-order valence-corrected chi connectivity index (χ0v) is 11.2. The summed E-state index contributed by atoms with van der Waals surface area (Å²) in [5.74, 6) is 0.433. The molecule has 0 aliphatic heterocycles. The molecule has 2 aromatic rings. The molecule has 1 heterocycles. The molecule has 1 aromatic heterocycles. The Kier molecular flexibility index (Phi) is 4.55. The van der Waals surface area contributed by atoms with Gasteiger partial charge in [-0.3, -0.25) is 9.59 Å². The van der Waals surface area contributed by atoms with E-state index in [1.807, 2.05) is 30.3 Å². The highest BCUT2D eigenvalue weighted by Gasteiger charge is 2.09. The fourth-order valence-corrected chi connectivity index (χ4v) is 1.67. The Morgan fingerprint density at radius 1 is 1.25 bits per heavy atom. The van der Waals surface area contributed by atoms with E-state index in [4.69, 9.17) is 4.74 Å². The number of benzene rings is 1. The van der Waals surface area contributed by atoms with Gasteiger partial charge in [0, 0.05) is 11.8 Å². The molecular weight excluding hydrogens is 256 g/mol. The van der Waals surface area contributed by atoms with Gasteiger partial charge in [0.15, 0.2) is 5.78 Å². The molecule has 104 valence electrons. The van der Waals surface area contributed by atoms with Crippen LogP contribution in [0.3, 0.4) is 0 Å². The second-order valence-electron chi connectivity index (χ2n) is 4.28. The van der Waals surface area contributed by atoms with Crippen LogP contribution in [0.5, 0.6) is 5.75 Å². The Morgan fingerprint density at radius 3 is 2.65 bits per heavy atom. The lowest BCUT2D eigenvalue weighted by molar-refractivity contribution is 0.0942. The third-order valence-corrected chi connectivity index (χ3v) is 2.73. The smallest absolute Gasteiger partial charge is 0.267 e. The Morgan fingerprint density at radius 2 is 2.00 bits per heavy atom. The van der Waals surface area contributed by atoms with Gasteiger partial charge < -0.3 is 15.0 Å². The van der Waals surface area contributed by atoms with Crippen LogP contribution >= 0.6 is 0 Å². The fourth-order valence-electron chi connectivity index (χ4n) is 1.67. The van der Waals surface area contributed by atoms with Crippen molar-refractivity contribution in [3.63, 3.8) is 0 Å². The molecule has 20 heavy (non-hydrogen) atoms. The first-order valence-corrected chi connectivity index (χ1v) is 6.32. The van der Waals surface area contributed by atoms with Crippen LogP contribution in [0.25, 0.3) is 0 Å². The highest BCUT2D eigenvalue weighted by molar-refractivity contribution is 5.99. The Labute approximate surface area is 117 Å². The maximum Gasteiger partial charge on any atom is 0.267 e. The maximum atomic E-state index is 11.8. The number of carbonyl (C=O) groups is 2. The molecule has 5 heteroatoms. The van der Waals surface area contributed by atoms with Crippen molar-refractivity contribution >= 4 is 11.7 Å². The summed E-state index contributed by atoms with van der Waals surface area (Å²) in [5, 5.41) is 2.71. The Hall–Kier alpha value is -2.56. The number of Topliss-reactive ketones (excluding diaryl/α,β-unsaturated/α-hetero) is 1. The van der Waals surface area contributed by atoms with Crippen molar-refractivity contribution in [3.05, 3.63) is 53.9 Å². The zero-order valence-electron chi connectivity index (χ0n) is 11.2. The van der Waals surface area contributed by atoms with Crippen molar-refractivity contribution in [1.82, 2.24) is 10.3 Å². The van der Waals surface area contributed by atoms with E-state index in [1.54, 1.807) is 0 Å². The number of aromatic amines is 1. The third-order valence-electron chi connectivity index (χ3n) is 2.73. The van der Waals surface area contributed by atoms with Crippen molar-refractivity contribution < 1.29 is 14.3 Å². The number of nitrogens with one attached hydrogen (secondary N) is 2. The molecule has 1 amide bonds. The van der Waals surface area contributed by atoms with Crippen LogP contribution in [0.15, 0.2) is 42.6 Å². The molecule has 0 aliphatic carbocycles. The number of H-pyrrole nitrogens is 1. The van der Waals surface area contributed by atoms with Gasteiger partial charge in [0.2, 0.25) is 0 Å². The van der Waals surface area contributed by atoms with E-state index < -0.39 is 0 Å². The predicted octanol–water partition coefficient (Wildman–Crippen LogP) is 2.03. The van der Waals surface area contributed by atoms with E-state index in [1.165, 1.54) is 19.2 Å². The van der Waals surface area contributed by atoms with Crippen LogP contribution in [-0.4, -0.2) is 29.8 Å². The van der Waals surface area contributed by atoms with E-state index in [-0.39, 0.29) is 11.7 Å². The molecule has 0 saturated heterocycles. The van der Waals surface area contributed by atoms with Crippen LogP contribution in [0.1, 0.15) is 27.8 Å². The summed E-state index contributed by atoms with van der Waals surface area (Å²) >= 11 is 0. The zero-order chi connectivity index (χ0) is 14.4. The van der Waals surface area contributed by atoms with Gasteiger partial charge in [-0.1, -0.05) is 18.2 Å². The molecule has 0 atom stereocenters. The van der Waals surface area contributed by atoms with E-state index in [9.17, 15) is 9.59 Å². The predicted molar refractivity (Wildman–Crippen MR) is 75.1 cm³/mol. The topological polar surface area (TPSA) is 71.2 Å². The van der Waals surface area contributed by atoms with Gasteiger partial charge in [0.1, 0.15) is 18.1 Å². The monoisotopic (exact) mass is 272 g/mol. The van der Waals surface area contributed by atoms with E-state index in [2.05, 4.69) is 10.3 Å². The highest BCUT2D eigenvalue weighted by atomic mass is 16.5. The normalized spacial score (nSPS) is 10.1. The number of amides is 1. The standard InChI is InChI=1S/C15H16N2O3/c1-11(18)12-9-14(17-10-12)15(19)16-7-8-20-13-5-3-2-4-6-13/h2-6,9-10,17H,7-8H2,1H3,(H,16,19). The minimum atomic E-state index is -0.255. The number of rotatable bonds is 6. The second kappa shape index (κ2) is 6.56. The summed E-state index contributed by atoms with van der Waals surface area (Å²) in [7, 11) is 0. The van der Waals surface area contributed by atoms with Crippen LogP contribution in [0.4, 0.5) is 0 Å². The molecule has 0 saturated carbocycles. The quantitative estimate of drug-likeness (QED) is 0.624. The summed E-state index contributed by atoms with van der Waals surface area (Å²) in [6, 6.07) is 10.9. The summed E-state index contributed by atoms with van der Waals surface area (Å²) in [6.07, 6.45) is 1.53. The van der Waals surface area contributed by atoms with E-state index in [0.717, 1.165) is 5.75 Å². The number of carbonyl (C=O) groups excluding carboxylic acids is 2. The molecule has 0 radical (unpaired) electrons. The first-order chi connectivity index (χ1) is 9.66.